The van der Waals surface area contributed by atoms with Crippen LogP contribution in [0.4, 0.5) is 4.79 Å². The van der Waals surface area contributed by atoms with E-state index in [1.165, 1.54) is 11.8 Å². The maximum absolute atomic E-state index is 13.9. The molecule has 1 aliphatic heterocycles. The van der Waals surface area contributed by atoms with Gasteiger partial charge in [-0.1, -0.05) is 24.3 Å². The number of nitrogens with zero attached hydrogens (tertiary/aromatic N) is 2. The molecule has 3 amide bonds. The van der Waals surface area contributed by atoms with Crippen molar-refractivity contribution in [3.05, 3.63) is 59.7 Å². The molecule has 0 fully saturated rings. The van der Waals surface area contributed by atoms with Crippen LogP contribution in [0.25, 0.3) is 0 Å². The average molecular weight is 597 g/mol. The molecule has 43 heavy (non-hydrogen) atoms. The van der Waals surface area contributed by atoms with Gasteiger partial charge in [0.25, 0.3) is 0 Å². The minimum atomic E-state index is -1.30. The van der Waals surface area contributed by atoms with Crippen molar-refractivity contribution in [2.75, 3.05) is 19.6 Å². The lowest BCUT2D eigenvalue weighted by Crippen LogP contribution is -2.58. The molecular formula is C33H48N4O6. The number of aliphatic hydroxyl groups excluding tert-OH is 1. The summed E-state index contributed by atoms with van der Waals surface area (Å²) in [5.41, 5.74) is 0.767. The highest BCUT2D eigenvalue weighted by Gasteiger charge is 2.41. The molecule has 1 heterocycles. The van der Waals surface area contributed by atoms with Gasteiger partial charge in [-0.3, -0.25) is 14.5 Å². The van der Waals surface area contributed by atoms with Crippen molar-refractivity contribution in [2.45, 2.75) is 97.7 Å². The van der Waals surface area contributed by atoms with Gasteiger partial charge in [0.05, 0.1) is 6.10 Å². The van der Waals surface area contributed by atoms with Crippen molar-refractivity contribution >= 4 is 17.9 Å². The van der Waals surface area contributed by atoms with E-state index >= 15 is 0 Å². The number of carbonyl (C=O) groups is 3. The van der Waals surface area contributed by atoms with Gasteiger partial charge in [-0.25, -0.2) is 4.79 Å². The zero-order valence-electron chi connectivity index (χ0n) is 26.7. The lowest BCUT2D eigenvalue weighted by Gasteiger charge is -2.39. The molecule has 0 aliphatic carbocycles. The number of amides is 3. The Hall–Kier alpha value is -3.63. The van der Waals surface area contributed by atoms with Crippen LogP contribution >= 0.6 is 0 Å². The summed E-state index contributed by atoms with van der Waals surface area (Å²) in [6, 6.07) is 13.3. The number of hydrogen-bond donors (Lipinski definition) is 3. The number of nitrogens with one attached hydrogen (secondary N) is 2. The van der Waals surface area contributed by atoms with Crippen LogP contribution in [0.5, 0.6) is 11.5 Å². The first-order chi connectivity index (χ1) is 20.2. The fourth-order valence-electron chi connectivity index (χ4n) is 5.33. The first-order valence-electron chi connectivity index (χ1n) is 15.0. The molecule has 10 heteroatoms. The van der Waals surface area contributed by atoms with E-state index in [9.17, 15) is 19.5 Å². The third-order valence-electron chi connectivity index (χ3n) is 7.27. The van der Waals surface area contributed by atoms with E-state index in [1.807, 2.05) is 42.5 Å². The SMILES string of the molecule is CC(O)C(NC(=O)OC(C)(C)C)C(=O)N1CCc2cc(Oc3ccccc3)ccc2C1C(=O)NCCN(C(C)C)C(C)C. The smallest absolute Gasteiger partial charge is 0.408 e. The number of rotatable bonds is 11. The van der Waals surface area contributed by atoms with Crippen LogP contribution in [0.3, 0.4) is 0 Å². The second-order valence-corrected chi connectivity index (χ2v) is 12.5. The molecule has 3 unspecified atom stereocenters. The van der Waals surface area contributed by atoms with Gasteiger partial charge in [0, 0.05) is 31.7 Å². The highest BCUT2D eigenvalue weighted by molar-refractivity contribution is 5.93. The van der Waals surface area contributed by atoms with E-state index < -0.39 is 35.8 Å². The molecule has 2 aromatic rings. The Morgan fingerprint density at radius 3 is 2.23 bits per heavy atom. The lowest BCUT2D eigenvalue weighted by atomic mass is 9.90. The monoisotopic (exact) mass is 596 g/mol. The topological polar surface area (TPSA) is 120 Å². The van der Waals surface area contributed by atoms with Crippen LogP contribution in [0.2, 0.25) is 0 Å². The maximum atomic E-state index is 13.9. The predicted molar refractivity (Wildman–Crippen MR) is 166 cm³/mol. The van der Waals surface area contributed by atoms with Crippen molar-refractivity contribution in [3.8, 4) is 11.5 Å². The number of hydrogen-bond acceptors (Lipinski definition) is 7. The van der Waals surface area contributed by atoms with E-state index in [4.69, 9.17) is 9.47 Å². The van der Waals surface area contributed by atoms with Gasteiger partial charge in [-0.2, -0.15) is 0 Å². The van der Waals surface area contributed by atoms with Gasteiger partial charge >= 0.3 is 6.09 Å². The van der Waals surface area contributed by atoms with Crippen LogP contribution in [0.15, 0.2) is 48.5 Å². The predicted octanol–water partition coefficient (Wildman–Crippen LogP) is 4.41. The molecule has 2 aromatic carbocycles. The normalized spacial score (nSPS) is 16.5. The first-order valence-corrected chi connectivity index (χ1v) is 15.0. The first kappa shape index (κ1) is 33.9. The molecule has 3 rings (SSSR count). The fourth-order valence-corrected chi connectivity index (χ4v) is 5.33. The molecule has 0 saturated carbocycles. The van der Waals surface area contributed by atoms with Crippen LogP contribution in [-0.4, -0.2) is 82.3 Å². The van der Waals surface area contributed by atoms with Crippen molar-refractivity contribution in [2.24, 2.45) is 0 Å². The number of ether oxygens (including phenoxy) is 2. The second kappa shape index (κ2) is 14.7. The third kappa shape index (κ3) is 9.43. The summed E-state index contributed by atoms with van der Waals surface area (Å²) in [5, 5.41) is 16.1. The van der Waals surface area contributed by atoms with Gasteiger partial charge in [0.15, 0.2) is 0 Å². The van der Waals surface area contributed by atoms with Crippen molar-refractivity contribution in [1.82, 2.24) is 20.4 Å². The minimum absolute atomic E-state index is 0.210. The molecule has 0 spiro atoms. The summed E-state index contributed by atoms with van der Waals surface area (Å²) >= 11 is 0. The number of benzene rings is 2. The Morgan fingerprint density at radius 1 is 1.00 bits per heavy atom. The van der Waals surface area contributed by atoms with E-state index in [-0.39, 0.29) is 12.5 Å². The van der Waals surface area contributed by atoms with E-state index in [0.29, 0.717) is 48.7 Å². The summed E-state index contributed by atoms with van der Waals surface area (Å²) in [5.74, 6) is 0.418. The summed E-state index contributed by atoms with van der Waals surface area (Å²) < 4.78 is 11.4. The zero-order valence-corrected chi connectivity index (χ0v) is 26.7. The van der Waals surface area contributed by atoms with Gasteiger partial charge in [-0.15, -0.1) is 0 Å². The highest BCUT2D eigenvalue weighted by Crippen LogP contribution is 2.34. The number of aliphatic hydroxyl groups is 1. The number of para-hydroxylation sites is 1. The van der Waals surface area contributed by atoms with Crippen molar-refractivity contribution < 1.29 is 29.0 Å². The molecule has 0 radical (unpaired) electrons. The lowest BCUT2D eigenvalue weighted by molar-refractivity contribution is -0.145. The molecule has 0 saturated heterocycles. The van der Waals surface area contributed by atoms with E-state index in [1.54, 1.807) is 26.8 Å². The Labute approximate surface area is 255 Å². The van der Waals surface area contributed by atoms with Gasteiger partial charge in [0.2, 0.25) is 11.8 Å². The Morgan fingerprint density at radius 2 is 1.65 bits per heavy atom. The summed E-state index contributed by atoms with van der Waals surface area (Å²) in [6.45, 7) is 16.3. The molecule has 236 valence electrons. The number of carbonyl (C=O) groups excluding carboxylic acids is 3. The van der Waals surface area contributed by atoms with Crippen molar-refractivity contribution in [3.63, 3.8) is 0 Å². The molecule has 3 atom stereocenters. The van der Waals surface area contributed by atoms with Crippen LogP contribution in [-0.2, 0) is 20.7 Å². The minimum Gasteiger partial charge on any atom is -0.457 e. The fraction of sp³-hybridized carbons (Fsp3) is 0.545. The average Bonchev–Trinajstić information content (AvgIpc) is 2.91. The number of alkyl carbamates (subject to hydrolysis) is 1. The molecule has 0 bridgehead atoms. The Kier molecular flexibility index (Phi) is 11.6. The van der Waals surface area contributed by atoms with E-state index in [0.717, 1.165) is 5.56 Å². The zero-order chi connectivity index (χ0) is 31.9. The van der Waals surface area contributed by atoms with Crippen LogP contribution in [0.1, 0.15) is 72.6 Å². The Bertz CT molecular complexity index is 1230. The summed E-state index contributed by atoms with van der Waals surface area (Å²) in [6.07, 6.45) is -1.59. The second-order valence-electron chi connectivity index (χ2n) is 12.5. The van der Waals surface area contributed by atoms with E-state index in [2.05, 4.69) is 43.2 Å². The summed E-state index contributed by atoms with van der Waals surface area (Å²) in [7, 11) is 0. The standard InChI is InChI=1S/C33H48N4O6/c1-21(2)36(22(3)4)19-17-34-30(39)29-27-15-14-26(42-25-12-10-9-11-13-25)20-24(27)16-18-37(29)31(40)28(23(5)38)35-32(41)43-33(6,7)8/h9-15,20-23,28-29,38H,16-19H2,1-8H3,(H,34,39)(H,35,41). The van der Waals surface area contributed by atoms with Crippen molar-refractivity contribution in [1.29, 1.82) is 0 Å². The molecule has 3 N–H and O–H groups in total. The maximum Gasteiger partial charge on any atom is 0.408 e. The molecule has 0 aromatic heterocycles. The summed E-state index contributed by atoms with van der Waals surface area (Å²) in [4.78, 5) is 44.0. The van der Waals surface area contributed by atoms with Crippen LogP contribution < -0.4 is 15.4 Å². The third-order valence-corrected chi connectivity index (χ3v) is 7.27. The largest absolute Gasteiger partial charge is 0.457 e. The number of fused-ring (bicyclic) bond motifs is 1. The molecular weight excluding hydrogens is 548 g/mol. The van der Waals surface area contributed by atoms with Gasteiger partial charge in [-0.05, 0) is 97.2 Å². The Balaban J connectivity index is 1.90. The van der Waals surface area contributed by atoms with Crippen LogP contribution in [0, 0.1) is 0 Å². The van der Waals surface area contributed by atoms with Gasteiger partial charge < -0.3 is 30.1 Å². The quantitative estimate of drug-likeness (QED) is 0.351. The molecule has 10 nitrogen and oxygen atoms in total. The molecule has 1 aliphatic rings. The van der Waals surface area contributed by atoms with Gasteiger partial charge in [0.1, 0.15) is 29.2 Å². The highest BCUT2D eigenvalue weighted by atomic mass is 16.6.